The quantitative estimate of drug-likeness (QED) is 0.694. The van der Waals surface area contributed by atoms with Crippen LogP contribution in [-0.4, -0.2) is 34.5 Å². The number of nitrogens with zero attached hydrogens (tertiary/aromatic N) is 2. The van der Waals surface area contributed by atoms with E-state index in [9.17, 15) is 9.59 Å². The summed E-state index contributed by atoms with van der Waals surface area (Å²) in [6.45, 7) is 4.58. The second-order valence-corrected chi connectivity index (χ2v) is 6.24. The maximum absolute atomic E-state index is 12.3. The molecule has 0 saturated heterocycles. The molecule has 2 N–H and O–H groups in total. The molecule has 2 aromatic carbocycles. The number of benzene rings is 2. The van der Waals surface area contributed by atoms with E-state index >= 15 is 0 Å². The minimum atomic E-state index is -0.260. The van der Waals surface area contributed by atoms with Gasteiger partial charge in [-0.1, -0.05) is 24.3 Å². The molecule has 0 aliphatic rings. The van der Waals surface area contributed by atoms with Crippen LogP contribution in [0.5, 0.6) is 0 Å². The molecule has 6 nitrogen and oxygen atoms in total. The van der Waals surface area contributed by atoms with Crippen LogP contribution in [0.25, 0.3) is 11.0 Å². The molecule has 1 aromatic heterocycles. The maximum Gasteiger partial charge on any atom is 0.287 e. The Bertz CT molecular complexity index is 975. The number of fused-ring (bicyclic) bond motifs is 1. The van der Waals surface area contributed by atoms with Crippen LogP contribution in [0, 0.1) is 13.8 Å². The summed E-state index contributed by atoms with van der Waals surface area (Å²) in [5.74, 6) is -0.0417. The Kier molecular flexibility index (Phi) is 5.02. The number of carbonyl (C=O) groups excluding carboxylic acids is 2. The molecule has 3 aromatic rings. The van der Waals surface area contributed by atoms with Crippen molar-refractivity contribution >= 4 is 22.8 Å². The summed E-state index contributed by atoms with van der Waals surface area (Å²) in [6, 6.07) is 13.2. The molecule has 0 saturated carbocycles. The van der Waals surface area contributed by atoms with E-state index in [0.717, 1.165) is 22.2 Å². The second kappa shape index (κ2) is 7.39. The summed E-state index contributed by atoms with van der Waals surface area (Å²) in [7, 11) is 1.81. The molecule has 0 aliphatic carbocycles. The third-order valence-corrected chi connectivity index (χ3v) is 4.54. The molecule has 0 spiro atoms. The van der Waals surface area contributed by atoms with E-state index in [4.69, 9.17) is 0 Å². The van der Waals surface area contributed by atoms with Crippen LogP contribution < -0.4 is 10.6 Å². The van der Waals surface area contributed by atoms with Crippen molar-refractivity contribution < 1.29 is 9.59 Å². The van der Waals surface area contributed by atoms with Crippen molar-refractivity contribution in [3.8, 4) is 0 Å². The Labute approximate surface area is 152 Å². The van der Waals surface area contributed by atoms with Gasteiger partial charge in [-0.05, 0) is 43.2 Å². The van der Waals surface area contributed by atoms with Crippen molar-refractivity contribution in [2.75, 3.05) is 13.1 Å². The van der Waals surface area contributed by atoms with Crippen molar-refractivity contribution in [1.29, 1.82) is 0 Å². The minimum Gasteiger partial charge on any atom is -0.350 e. The Hall–Kier alpha value is -3.15. The van der Waals surface area contributed by atoms with Crippen molar-refractivity contribution in [2.24, 2.45) is 7.05 Å². The van der Waals surface area contributed by atoms with Gasteiger partial charge < -0.3 is 15.2 Å². The third kappa shape index (κ3) is 3.44. The van der Waals surface area contributed by atoms with Gasteiger partial charge in [-0.25, -0.2) is 4.98 Å². The van der Waals surface area contributed by atoms with Gasteiger partial charge >= 0.3 is 0 Å². The van der Waals surface area contributed by atoms with Gasteiger partial charge in [0.15, 0.2) is 5.82 Å². The number of imidazole rings is 1. The standard InChI is InChI=1S/C20H22N4O2/c1-13-7-6-8-15(14(13)2)19(25)21-11-12-22-20(26)18-23-16-9-4-5-10-17(16)24(18)3/h4-10H,11-12H2,1-3H3,(H,21,25)(H,22,26). The van der Waals surface area contributed by atoms with Crippen LogP contribution in [-0.2, 0) is 7.05 Å². The zero-order valence-electron chi connectivity index (χ0n) is 15.2. The Morgan fingerprint density at radius 2 is 1.65 bits per heavy atom. The topological polar surface area (TPSA) is 76.0 Å². The number of hydrogen-bond acceptors (Lipinski definition) is 3. The summed E-state index contributed by atoms with van der Waals surface area (Å²) < 4.78 is 1.76. The zero-order chi connectivity index (χ0) is 18.7. The van der Waals surface area contributed by atoms with Crippen molar-refractivity contribution in [1.82, 2.24) is 20.2 Å². The van der Waals surface area contributed by atoms with E-state index in [0.29, 0.717) is 24.5 Å². The molecule has 2 amide bonds. The molecule has 6 heteroatoms. The predicted molar refractivity (Wildman–Crippen MR) is 101 cm³/mol. The first-order chi connectivity index (χ1) is 12.5. The highest BCUT2D eigenvalue weighted by Crippen LogP contribution is 2.14. The van der Waals surface area contributed by atoms with Crippen molar-refractivity contribution in [2.45, 2.75) is 13.8 Å². The predicted octanol–water partition coefficient (Wildman–Crippen LogP) is 2.35. The van der Waals surface area contributed by atoms with E-state index in [1.165, 1.54) is 0 Å². The van der Waals surface area contributed by atoms with Crippen LogP contribution in [0.4, 0.5) is 0 Å². The largest absolute Gasteiger partial charge is 0.350 e. The van der Waals surface area contributed by atoms with Gasteiger partial charge in [0.25, 0.3) is 11.8 Å². The summed E-state index contributed by atoms with van der Waals surface area (Å²) >= 11 is 0. The lowest BCUT2D eigenvalue weighted by Crippen LogP contribution is -2.35. The molecule has 0 atom stereocenters. The van der Waals surface area contributed by atoms with Crippen LogP contribution in [0.1, 0.15) is 32.1 Å². The third-order valence-electron chi connectivity index (χ3n) is 4.54. The SMILES string of the molecule is Cc1cccc(C(=O)NCCNC(=O)c2nc3ccccc3n2C)c1C. The van der Waals surface area contributed by atoms with Gasteiger partial charge in [-0.15, -0.1) is 0 Å². The lowest BCUT2D eigenvalue weighted by molar-refractivity contribution is 0.0920. The number of aryl methyl sites for hydroxylation is 2. The molecule has 26 heavy (non-hydrogen) atoms. The lowest BCUT2D eigenvalue weighted by atomic mass is 10.0. The van der Waals surface area contributed by atoms with Gasteiger partial charge in [-0.2, -0.15) is 0 Å². The summed E-state index contributed by atoms with van der Waals surface area (Å²) in [4.78, 5) is 29.0. The summed E-state index contributed by atoms with van der Waals surface area (Å²) in [5.41, 5.74) is 4.39. The van der Waals surface area contributed by atoms with Gasteiger partial charge in [0, 0.05) is 25.7 Å². The van der Waals surface area contributed by atoms with Crippen LogP contribution in [0.2, 0.25) is 0 Å². The Balaban J connectivity index is 1.56. The fourth-order valence-corrected chi connectivity index (χ4v) is 2.87. The molecule has 3 rings (SSSR count). The van der Waals surface area contributed by atoms with Gasteiger partial charge in [-0.3, -0.25) is 9.59 Å². The molecular formula is C20H22N4O2. The molecule has 0 bridgehead atoms. The van der Waals surface area contributed by atoms with E-state index in [1.54, 1.807) is 10.6 Å². The zero-order valence-corrected chi connectivity index (χ0v) is 15.2. The summed E-state index contributed by atoms with van der Waals surface area (Å²) in [6.07, 6.45) is 0. The minimum absolute atomic E-state index is 0.136. The number of nitrogens with one attached hydrogen (secondary N) is 2. The summed E-state index contributed by atoms with van der Waals surface area (Å²) in [5, 5.41) is 5.63. The van der Waals surface area contributed by atoms with Gasteiger partial charge in [0.05, 0.1) is 11.0 Å². The fourth-order valence-electron chi connectivity index (χ4n) is 2.87. The highest BCUT2D eigenvalue weighted by molar-refractivity contribution is 5.96. The van der Waals surface area contributed by atoms with E-state index in [2.05, 4.69) is 15.6 Å². The number of aromatic nitrogens is 2. The normalized spacial score (nSPS) is 10.7. The van der Waals surface area contributed by atoms with Crippen LogP contribution in [0.3, 0.4) is 0 Å². The first-order valence-electron chi connectivity index (χ1n) is 8.53. The number of hydrogen-bond donors (Lipinski definition) is 2. The Morgan fingerprint density at radius 3 is 2.38 bits per heavy atom. The number of amides is 2. The Morgan fingerprint density at radius 1 is 0.962 bits per heavy atom. The number of para-hydroxylation sites is 2. The lowest BCUT2D eigenvalue weighted by Gasteiger charge is -2.10. The van der Waals surface area contributed by atoms with Crippen LogP contribution in [0.15, 0.2) is 42.5 Å². The molecule has 134 valence electrons. The molecule has 0 aliphatic heterocycles. The number of carbonyl (C=O) groups is 2. The van der Waals surface area contributed by atoms with E-state index in [-0.39, 0.29) is 11.8 Å². The molecule has 1 heterocycles. The van der Waals surface area contributed by atoms with Gasteiger partial charge in [0.2, 0.25) is 0 Å². The van der Waals surface area contributed by atoms with Crippen molar-refractivity contribution in [3.63, 3.8) is 0 Å². The molecule has 0 unspecified atom stereocenters. The molecular weight excluding hydrogens is 328 g/mol. The first-order valence-corrected chi connectivity index (χ1v) is 8.53. The average Bonchev–Trinajstić information content (AvgIpc) is 2.98. The highest BCUT2D eigenvalue weighted by atomic mass is 16.2. The first kappa shape index (κ1) is 17.7. The average molecular weight is 350 g/mol. The van der Waals surface area contributed by atoms with Crippen molar-refractivity contribution in [3.05, 3.63) is 65.0 Å². The molecule has 0 radical (unpaired) electrons. The second-order valence-electron chi connectivity index (χ2n) is 6.24. The smallest absolute Gasteiger partial charge is 0.287 e. The van der Waals surface area contributed by atoms with E-state index in [1.807, 2.05) is 57.3 Å². The van der Waals surface area contributed by atoms with Gasteiger partial charge in [0.1, 0.15) is 0 Å². The maximum atomic E-state index is 12.3. The molecule has 0 fully saturated rings. The monoisotopic (exact) mass is 350 g/mol. The fraction of sp³-hybridized carbons (Fsp3) is 0.250. The van der Waals surface area contributed by atoms with E-state index < -0.39 is 0 Å². The highest BCUT2D eigenvalue weighted by Gasteiger charge is 2.15. The number of rotatable bonds is 5. The van der Waals surface area contributed by atoms with Crippen LogP contribution >= 0.6 is 0 Å².